The zero-order chi connectivity index (χ0) is 11.7. The Hall–Kier alpha value is -2.04. The summed E-state index contributed by atoms with van der Waals surface area (Å²) in [6, 6.07) is 3.10. The maximum Gasteiger partial charge on any atom is 0.335 e. The SMILES string of the molecule is CCOc1cc(C(=O)O)cc2c(C)n[nH]c12. The molecule has 0 saturated carbocycles. The fraction of sp³-hybridized carbons (Fsp3) is 0.273. The van der Waals surface area contributed by atoms with Crippen molar-refractivity contribution >= 4 is 16.9 Å². The van der Waals surface area contributed by atoms with E-state index < -0.39 is 5.97 Å². The quantitative estimate of drug-likeness (QED) is 0.829. The minimum Gasteiger partial charge on any atom is -0.492 e. The Bertz CT molecular complexity index is 545. The number of aromatic carboxylic acids is 1. The number of carbonyl (C=O) groups is 1. The summed E-state index contributed by atoms with van der Waals surface area (Å²) < 4.78 is 5.39. The summed E-state index contributed by atoms with van der Waals surface area (Å²) in [5.74, 6) is -0.443. The molecule has 2 aromatic rings. The van der Waals surface area contributed by atoms with Crippen molar-refractivity contribution in [3.8, 4) is 5.75 Å². The maximum atomic E-state index is 10.9. The summed E-state index contributed by atoms with van der Waals surface area (Å²) in [6.07, 6.45) is 0. The molecule has 0 saturated heterocycles. The van der Waals surface area contributed by atoms with Crippen LogP contribution in [0.5, 0.6) is 5.75 Å². The third-order valence-corrected chi connectivity index (χ3v) is 2.37. The van der Waals surface area contributed by atoms with Crippen LogP contribution in [0, 0.1) is 6.92 Å². The van der Waals surface area contributed by atoms with E-state index in [9.17, 15) is 4.79 Å². The van der Waals surface area contributed by atoms with Gasteiger partial charge in [0.05, 0.1) is 17.9 Å². The van der Waals surface area contributed by atoms with Crippen LogP contribution in [0.4, 0.5) is 0 Å². The molecule has 0 fully saturated rings. The fourth-order valence-electron chi connectivity index (χ4n) is 1.61. The molecular formula is C11H12N2O3. The lowest BCUT2D eigenvalue weighted by Crippen LogP contribution is -1.99. The highest BCUT2D eigenvalue weighted by atomic mass is 16.5. The Balaban J connectivity index is 2.70. The number of hydrogen-bond donors (Lipinski definition) is 2. The molecular weight excluding hydrogens is 208 g/mol. The molecule has 1 heterocycles. The predicted molar refractivity (Wildman–Crippen MR) is 59.0 cm³/mol. The number of nitrogens with zero attached hydrogens (tertiary/aromatic N) is 1. The molecule has 2 rings (SSSR count). The normalized spacial score (nSPS) is 10.6. The summed E-state index contributed by atoms with van der Waals surface area (Å²) in [7, 11) is 0. The van der Waals surface area contributed by atoms with Gasteiger partial charge in [0.25, 0.3) is 0 Å². The minimum atomic E-state index is -0.969. The predicted octanol–water partition coefficient (Wildman–Crippen LogP) is 1.97. The van der Waals surface area contributed by atoms with E-state index in [4.69, 9.17) is 9.84 Å². The first kappa shape index (κ1) is 10.5. The standard InChI is InChI=1S/C11H12N2O3/c1-3-16-9-5-7(11(14)15)4-8-6(2)12-13-10(8)9/h4-5H,3H2,1-2H3,(H,12,13)(H,14,15). The van der Waals surface area contributed by atoms with Gasteiger partial charge in [-0.25, -0.2) is 4.79 Å². The number of ether oxygens (including phenoxy) is 1. The highest BCUT2D eigenvalue weighted by Gasteiger charge is 2.13. The van der Waals surface area contributed by atoms with Gasteiger partial charge in [0.2, 0.25) is 0 Å². The monoisotopic (exact) mass is 220 g/mol. The molecule has 84 valence electrons. The zero-order valence-electron chi connectivity index (χ0n) is 9.07. The van der Waals surface area contributed by atoms with Crippen LogP contribution in [0.25, 0.3) is 10.9 Å². The molecule has 0 aliphatic rings. The van der Waals surface area contributed by atoms with E-state index in [1.807, 2.05) is 13.8 Å². The highest BCUT2D eigenvalue weighted by Crippen LogP contribution is 2.27. The van der Waals surface area contributed by atoms with Crippen molar-refractivity contribution in [3.05, 3.63) is 23.4 Å². The van der Waals surface area contributed by atoms with Gasteiger partial charge in [-0.3, -0.25) is 5.10 Å². The molecule has 0 spiro atoms. The molecule has 1 aromatic carbocycles. The van der Waals surface area contributed by atoms with Gasteiger partial charge in [0.1, 0.15) is 11.3 Å². The van der Waals surface area contributed by atoms with E-state index in [0.717, 1.165) is 16.6 Å². The number of benzene rings is 1. The molecule has 0 unspecified atom stereocenters. The van der Waals surface area contributed by atoms with Gasteiger partial charge in [0, 0.05) is 5.39 Å². The molecule has 0 radical (unpaired) electrons. The van der Waals surface area contributed by atoms with Crippen LogP contribution >= 0.6 is 0 Å². The Morgan fingerprint density at radius 2 is 2.31 bits per heavy atom. The van der Waals surface area contributed by atoms with Crippen molar-refractivity contribution in [3.63, 3.8) is 0 Å². The van der Waals surface area contributed by atoms with Gasteiger partial charge in [0.15, 0.2) is 0 Å². The van der Waals surface area contributed by atoms with E-state index in [2.05, 4.69) is 10.2 Å². The van der Waals surface area contributed by atoms with Crippen LogP contribution in [0.1, 0.15) is 23.0 Å². The summed E-state index contributed by atoms with van der Waals surface area (Å²) in [6.45, 7) is 4.15. The highest BCUT2D eigenvalue weighted by molar-refractivity contribution is 5.96. The number of carboxylic acid groups (broad SMARTS) is 1. The van der Waals surface area contributed by atoms with E-state index in [1.54, 1.807) is 6.07 Å². The molecule has 2 N–H and O–H groups in total. The second kappa shape index (κ2) is 3.84. The zero-order valence-corrected chi connectivity index (χ0v) is 9.07. The maximum absolute atomic E-state index is 10.9. The van der Waals surface area contributed by atoms with Crippen LogP contribution in [0.15, 0.2) is 12.1 Å². The van der Waals surface area contributed by atoms with Gasteiger partial charge in [-0.1, -0.05) is 0 Å². The largest absolute Gasteiger partial charge is 0.492 e. The number of nitrogens with one attached hydrogen (secondary N) is 1. The average molecular weight is 220 g/mol. The van der Waals surface area contributed by atoms with E-state index >= 15 is 0 Å². The van der Waals surface area contributed by atoms with Crippen molar-refractivity contribution in [1.82, 2.24) is 10.2 Å². The van der Waals surface area contributed by atoms with E-state index in [0.29, 0.717) is 12.4 Å². The molecule has 1 aromatic heterocycles. The summed E-state index contributed by atoms with van der Waals surface area (Å²) in [4.78, 5) is 10.9. The number of fused-ring (bicyclic) bond motifs is 1. The molecule has 0 aliphatic heterocycles. The van der Waals surface area contributed by atoms with Crippen molar-refractivity contribution in [2.45, 2.75) is 13.8 Å². The summed E-state index contributed by atoms with van der Waals surface area (Å²) in [5, 5.41) is 16.6. The summed E-state index contributed by atoms with van der Waals surface area (Å²) >= 11 is 0. The average Bonchev–Trinajstić information content (AvgIpc) is 2.61. The molecule has 0 aliphatic carbocycles. The van der Waals surface area contributed by atoms with Gasteiger partial charge >= 0.3 is 5.97 Å². The first-order chi connectivity index (χ1) is 7.63. The Kier molecular flexibility index (Phi) is 2.52. The van der Waals surface area contributed by atoms with Crippen LogP contribution < -0.4 is 4.74 Å². The van der Waals surface area contributed by atoms with Crippen LogP contribution in [0.3, 0.4) is 0 Å². The van der Waals surface area contributed by atoms with Crippen LogP contribution in [-0.4, -0.2) is 27.9 Å². The Morgan fingerprint density at radius 3 is 2.94 bits per heavy atom. The smallest absolute Gasteiger partial charge is 0.335 e. The van der Waals surface area contributed by atoms with Crippen molar-refractivity contribution in [1.29, 1.82) is 0 Å². The molecule has 5 heteroatoms. The second-order valence-electron chi connectivity index (χ2n) is 3.44. The third-order valence-electron chi connectivity index (χ3n) is 2.37. The van der Waals surface area contributed by atoms with Crippen molar-refractivity contribution in [2.24, 2.45) is 0 Å². The van der Waals surface area contributed by atoms with Crippen LogP contribution in [-0.2, 0) is 0 Å². The van der Waals surface area contributed by atoms with E-state index in [-0.39, 0.29) is 5.56 Å². The van der Waals surface area contributed by atoms with E-state index in [1.165, 1.54) is 6.07 Å². The lowest BCUT2D eigenvalue weighted by molar-refractivity contribution is 0.0696. The molecule has 5 nitrogen and oxygen atoms in total. The topological polar surface area (TPSA) is 75.2 Å². The lowest BCUT2D eigenvalue weighted by Gasteiger charge is -2.05. The number of rotatable bonds is 3. The fourth-order valence-corrected chi connectivity index (χ4v) is 1.61. The molecule has 16 heavy (non-hydrogen) atoms. The number of aryl methyl sites for hydroxylation is 1. The van der Waals surface area contributed by atoms with Gasteiger partial charge in [-0.05, 0) is 26.0 Å². The Morgan fingerprint density at radius 1 is 1.56 bits per heavy atom. The number of H-pyrrole nitrogens is 1. The number of carboxylic acids is 1. The summed E-state index contributed by atoms with van der Waals surface area (Å²) in [5.41, 5.74) is 1.71. The first-order valence-electron chi connectivity index (χ1n) is 4.98. The number of aromatic amines is 1. The molecule has 0 atom stereocenters. The minimum absolute atomic E-state index is 0.209. The van der Waals surface area contributed by atoms with Crippen LogP contribution in [0.2, 0.25) is 0 Å². The lowest BCUT2D eigenvalue weighted by atomic mass is 10.1. The van der Waals surface area contributed by atoms with Gasteiger partial charge < -0.3 is 9.84 Å². The van der Waals surface area contributed by atoms with Crippen molar-refractivity contribution in [2.75, 3.05) is 6.61 Å². The third kappa shape index (κ3) is 1.60. The molecule has 0 amide bonds. The number of aromatic nitrogens is 2. The first-order valence-corrected chi connectivity index (χ1v) is 4.98. The van der Waals surface area contributed by atoms with Gasteiger partial charge in [-0.15, -0.1) is 0 Å². The Labute approximate surface area is 92.0 Å². The second-order valence-corrected chi connectivity index (χ2v) is 3.44. The number of hydrogen-bond acceptors (Lipinski definition) is 3. The van der Waals surface area contributed by atoms with Crippen molar-refractivity contribution < 1.29 is 14.6 Å². The van der Waals surface area contributed by atoms with Gasteiger partial charge in [-0.2, -0.15) is 5.10 Å². The molecule has 0 bridgehead atoms.